The molecule has 2 aromatic rings. The van der Waals surface area contributed by atoms with E-state index in [1.54, 1.807) is 18.2 Å². The van der Waals surface area contributed by atoms with Crippen molar-refractivity contribution in [3.05, 3.63) is 68.6 Å². The predicted octanol–water partition coefficient (Wildman–Crippen LogP) is 4.91. The molecule has 2 aromatic carbocycles. The van der Waals surface area contributed by atoms with Gasteiger partial charge in [0.15, 0.2) is 6.61 Å². The average Bonchev–Trinajstić information content (AvgIpc) is 2.56. The summed E-state index contributed by atoms with van der Waals surface area (Å²) in [4.78, 5) is 11.7. The van der Waals surface area contributed by atoms with Crippen molar-refractivity contribution < 1.29 is 9.53 Å². The maximum atomic E-state index is 11.7. The molecule has 0 bridgehead atoms. The first-order valence-electron chi connectivity index (χ1n) is 6.86. The van der Waals surface area contributed by atoms with Crippen molar-refractivity contribution in [1.82, 2.24) is 5.43 Å². The molecule has 1 N–H and O–H groups in total. The monoisotopic (exact) mass is 426 g/mol. The number of nitrogens with zero attached hydrogens (tertiary/aromatic N) is 1. The Hall–Kier alpha value is -1.82. The van der Waals surface area contributed by atoms with Crippen LogP contribution in [0, 0.1) is 0 Å². The number of hydrogen-bond donors (Lipinski definition) is 1. The van der Waals surface area contributed by atoms with Gasteiger partial charge in [0.25, 0.3) is 5.91 Å². The molecule has 0 heterocycles. The Morgan fingerprint density at radius 2 is 1.96 bits per heavy atom. The second-order valence-electron chi connectivity index (χ2n) is 4.60. The molecule has 1 amide bonds. The lowest BCUT2D eigenvalue weighted by Gasteiger charge is -2.07. The van der Waals surface area contributed by atoms with Crippen LogP contribution in [0.25, 0.3) is 6.08 Å². The second kappa shape index (κ2) is 9.47. The lowest BCUT2D eigenvalue weighted by molar-refractivity contribution is -0.123. The summed E-state index contributed by atoms with van der Waals surface area (Å²) in [6.45, 7) is -0.225. The van der Waals surface area contributed by atoms with Gasteiger partial charge < -0.3 is 4.74 Å². The average molecular weight is 428 g/mol. The smallest absolute Gasteiger partial charge is 0.277 e. The van der Waals surface area contributed by atoms with Gasteiger partial charge in [-0.2, -0.15) is 5.10 Å². The van der Waals surface area contributed by atoms with E-state index in [1.807, 2.05) is 36.4 Å². The summed E-state index contributed by atoms with van der Waals surface area (Å²) in [7, 11) is 0. The van der Waals surface area contributed by atoms with Crippen molar-refractivity contribution in [2.45, 2.75) is 0 Å². The van der Waals surface area contributed by atoms with Crippen molar-refractivity contribution in [3.63, 3.8) is 0 Å². The van der Waals surface area contributed by atoms with Crippen LogP contribution in [-0.2, 0) is 4.79 Å². The Morgan fingerprint density at radius 1 is 1.21 bits per heavy atom. The summed E-state index contributed by atoms with van der Waals surface area (Å²) in [5, 5.41) is 4.69. The molecule has 0 saturated carbocycles. The maximum absolute atomic E-state index is 11.7. The number of hydrazone groups is 1. The number of nitrogens with one attached hydrogen (secondary N) is 1. The van der Waals surface area contributed by atoms with Crippen molar-refractivity contribution in [2.75, 3.05) is 6.61 Å². The van der Waals surface area contributed by atoms with Gasteiger partial charge in [-0.25, -0.2) is 5.43 Å². The molecule has 124 valence electrons. The largest absolute Gasteiger partial charge is 0.482 e. The van der Waals surface area contributed by atoms with Gasteiger partial charge in [-0.15, -0.1) is 0 Å². The SMILES string of the molecule is O=C(COc1cc(Cl)ccc1Cl)N/N=C\C(Br)=C\c1ccccc1. The molecule has 0 atom stereocenters. The third-order valence-electron chi connectivity index (χ3n) is 2.73. The molecule has 0 spiro atoms. The molecular formula is C17H13BrCl2N2O2. The standard InChI is InChI=1S/C17H13BrCl2N2O2/c18-13(8-12-4-2-1-3-5-12)10-21-22-17(23)11-24-16-9-14(19)6-7-15(16)20/h1-10H,11H2,(H,22,23)/b13-8-,21-10-. The highest BCUT2D eigenvalue weighted by atomic mass is 79.9. The number of benzene rings is 2. The summed E-state index contributed by atoms with van der Waals surface area (Å²) >= 11 is 15.1. The molecule has 0 radical (unpaired) electrons. The van der Waals surface area contributed by atoms with Gasteiger partial charge in [0.2, 0.25) is 0 Å². The minimum absolute atomic E-state index is 0.225. The lowest BCUT2D eigenvalue weighted by Crippen LogP contribution is -2.24. The van der Waals surface area contributed by atoms with Crippen LogP contribution < -0.4 is 10.2 Å². The Bertz CT molecular complexity index is 764. The van der Waals surface area contributed by atoms with Crippen LogP contribution in [0.15, 0.2) is 58.1 Å². The van der Waals surface area contributed by atoms with Crippen LogP contribution >= 0.6 is 39.1 Å². The molecule has 0 aliphatic rings. The molecular weight excluding hydrogens is 415 g/mol. The molecule has 7 heteroatoms. The molecule has 4 nitrogen and oxygen atoms in total. The minimum Gasteiger partial charge on any atom is -0.482 e. The zero-order chi connectivity index (χ0) is 17.4. The van der Waals surface area contributed by atoms with Crippen molar-refractivity contribution in [1.29, 1.82) is 0 Å². The summed E-state index contributed by atoms with van der Waals surface area (Å²) in [5.41, 5.74) is 3.38. The quantitative estimate of drug-likeness (QED) is 0.525. The Balaban J connectivity index is 1.82. The number of ether oxygens (including phenoxy) is 1. The van der Waals surface area contributed by atoms with Crippen LogP contribution in [-0.4, -0.2) is 18.7 Å². The van der Waals surface area contributed by atoms with E-state index in [-0.39, 0.29) is 6.61 Å². The van der Waals surface area contributed by atoms with E-state index in [0.717, 1.165) is 5.56 Å². The number of carbonyl (C=O) groups excluding carboxylic acids is 1. The summed E-state index contributed by atoms with van der Waals surface area (Å²) < 4.78 is 6.02. The molecule has 0 unspecified atom stereocenters. The summed E-state index contributed by atoms with van der Waals surface area (Å²) in [5.74, 6) is -0.0734. The summed E-state index contributed by atoms with van der Waals surface area (Å²) in [6.07, 6.45) is 3.36. The van der Waals surface area contributed by atoms with Crippen LogP contribution in [0.4, 0.5) is 0 Å². The topological polar surface area (TPSA) is 50.7 Å². The van der Waals surface area contributed by atoms with Crippen molar-refractivity contribution in [3.8, 4) is 5.75 Å². The lowest BCUT2D eigenvalue weighted by atomic mass is 10.2. The molecule has 2 rings (SSSR count). The van der Waals surface area contributed by atoms with E-state index in [9.17, 15) is 4.79 Å². The molecule has 0 aliphatic carbocycles. The normalized spacial score (nSPS) is 11.5. The minimum atomic E-state index is -0.415. The fraction of sp³-hybridized carbons (Fsp3) is 0.0588. The van der Waals surface area contributed by atoms with Gasteiger partial charge in [-0.1, -0.05) is 53.5 Å². The summed E-state index contributed by atoms with van der Waals surface area (Å²) in [6, 6.07) is 14.5. The molecule has 0 fully saturated rings. The molecule has 0 aromatic heterocycles. The van der Waals surface area contributed by atoms with Crippen LogP contribution in [0.3, 0.4) is 0 Å². The van der Waals surface area contributed by atoms with Gasteiger partial charge in [0, 0.05) is 15.6 Å². The number of rotatable bonds is 6. The Morgan fingerprint density at radius 3 is 2.71 bits per heavy atom. The highest BCUT2D eigenvalue weighted by Crippen LogP contribution is 2.27. The zero-order valence-corrected chi connectivity index (χ0v) is 15.5. The second-order valence-corrected chi connectivity index (χ2v) is 6.36. The zero-order valence-electron chi connectivity index (χ0n) is 12.4. The molecule has 0 saturated heterocycles. The first-order chi connectivity index (χ1) is 11.5. The molecule has 0 aliphatic heterocycles. The van der Waals surface area contributed by atoms with Gasteiger partial charge in [0.1, 0.15) is 5.75 Å². The van der Waals surface area contributed by atoms with Gasteiger partial charge in [0.05, 0.1) is 11.2 Å². The first kappa shape index (κ1) is 18.5. The van der Waals surface area contributed by atoms with Crippen molar-refractivity contribution >= 4 is 57.3 Å². The van der Waals surface area contributed by atoms with Gasteiger partial charge in [-0.3, -0.25) is 4.79 Å². The van der Waals surface area contributed by atoms with E-state index < -0.39 is 5.91 Å². The highest BCUT2D eigenvalue weighted by molar-refractivity contribution is 9.12. The van der Waals surface area contributed by atoms with Crippen LogP contribution in [0.1, 0.15) is 5.56 Å². The molecule has 24 heavy (non-hydrogen) atoms. The first-order valence-corrected chi connectivity index (χ1v) is 8.41. The van der Waals surface area contributed by atoms with E-state index >= 15 is 0 Å². The van der Waals surface area contributed by atoms with E-state index in [1.165, 1.54) is 6.21 Å². The Labute approximate surface area is 158 Å². The third-order valence-corrected chi connectivity index (χ3v) is 3.71. The number of halogens is 3. The number of hydrogen-bond acceptors (Lipinski definition) is 3. The van der Waals surface area contributed by atoms with Crippen molar-refractivity contribution in [2.24, 2.45) is 5.10 Å². The highest BCUT2D eigenvalue weighted by Gasteiger charge is 2.06. The number of allylic oxidation sites excluding steroid dienone is 1. The van der Waals surface area contributed by atoms with Gasteiger partial charge >= 0.3 is 0 Å². The number of amides is 1. The van der Waals surface area contributed by atoms with E-state index in [2.05, 4.69) is 26.5 Å². The fourth-order valence-corrected chi connectivity index (χ4v) is 2.38. The number of carbonyl (C=O) groups is 1. The van der Waals surface area contributed by atoms with Crippen LogP contribution in [0.5, 0.6) is 5.75 Å². The van der Waals surface area contributed by atoms with Gasteiger partial charge in [-0.05, 0) is 39.7 Å². The van der Waals surface area contributed by atoms with Crippen LogP contribution in [0.2, 0.25) is 10.0 Å². The fourth-order valence-electron chi connectivity index (χ4n) is 1.68. The third kappa shape index (κ3) is 6.35. The van der Waals surface area contributed by atoms with E-state index in [0.29, 0.717) is 20.3 Å². The van der Waals surface area contributed by atoms with E-state index in [4.69, 9.17) is 27.9 Å². The predicted molar refractivity (Wildman–Crippen MR) is 102 cm³/mol. The Kier molecular flexibility index (Phi) is 7.31. The maximum Gasteiger partial charge on any atom is 0.277 e.